The molecule has 0 aromatic heterocycles. The van der Waals surface area contributed by atoms with Gasteiger partial charge in [0, 0.05) is 13.1 Å². The molecule has 3 heterocycles. The molecule has 3 atom stereocenters. The van der Waals surface area contributed by atoms with Crippen molar-refractivity contribution in [2.24, 2.45) is 5.41 Å². The summed E-state index contributed by atoms with van der Waals surface area (Å²) in [7, 11) is -4.87. The summed E-state index contributed by atoms with van der Waals surface area (Å²) in [5.41, 5.74) is 1.35. The Morgan fingerprint density at radius 1 is 1.22 bits per heavy atom. The molecule has 0 aromatic carbocycles. The lowest BCUT2D eigenvalue weighted by Crippen LogP contribution is -2.53. The lowest BCUT2D eigenvalue weighted by atomic mass is 9.85. The van der Waals surface area contributed by atoms with Gasteiger partial charge in [0.25, 0.3) is 5.91 Å². The molecule has 2 bridgehead atoms. The van der Waals surface area contributed by atoms with Crippen LogP contribution in [0.25, 0.3) is 0 Å². The van der Waals surface area contributed by atoms with Gasteiger partial charge in [0.1, 0.15) is 17.7 Å². The Bertz CT molecular complexity index is 914. The quantitative estimate of drug-likeness (QED) is 0.425. The Balaban J connectivity index is 1.34. The van der Waals surface area contributed by atoms with Gasteiger partial charge in [0.05, 0.1) is 12.6 Å². The molecule has 32 heavy (non-hydrogen) atoms. The monoisotopic (exact) mass is 476 g/mol. The number of carbonyl (C=O) groups excluding carboxylic acids is 3. The molecule has 1 spiro atoms. The van der Waals surface area contributed by atoms with Gasteiger partial charge in [-0.2, -0.15) is 13.5 Å². The first kappa shape index (κ1) is 23.0. The summed E-state index contributed by atoms with van der Waals surface area (Å²) in [6, 6.07) is -2.22. The van der Waals surface area contributed by atoms with Gasteiger partial charge < -0.3 is 14.5 Å². The maximum Gasteiger partial charge on any atom is 0.418 e. The minimum Gasteiger partial charge on any atom is -0.444 e. The third-order valence-corrected chi connectivity index (χ3v) is 6.61. The van der Waals surface area contributed by atoms with Crippen molar-refractivity contribution in [1.29, 1.82) is 0 Å². The highest BCUT2D eigenvalue weighted by molar-refractivity contribution is 7.80. The Labute approximate surface area is 185 Å². The second-order valence-corrected chi connectivity index (χ2v) is 10.8. The van der Waals surface area contributed by atoms with E-state index in [4.69, 9.17) is 14.1 Å². The topological polar surface area (TPSA) is 155 Å². The summed E-state index contributed by atoms with van der Waals surface area (Å²) in [6.45, 7) is 6.12. The zero-order valence-corrected chi connectivity index (χ0v) is 19.0. The molecule has 2 N–H and O–H groups in total. The van der Waals surface area contributed by atoms with Crippen LogP contribution in [0.5, 0.6) is 0 Å². The third-order valence-electron chi connectivity index (χ3n) is 6.26. The molecule has 180 valence electrons. The number of ether oxygens (including phenoxy) is 1. The molecule has 0 aromatic rings. The minimum absolute atomic E-state index is 0.113. The first-order valence-corrected chi connectivity index (χ1v) is 11.8. The Morgan fingerprint density at radius 2 is 1.91 bits per heavy atom. The molecule has 3 saturated heterocycles. The fraction of sp³-hybridized carbons (Fsp3) is 0.833. The van der Waals surface area contributed by atoms with Crippen molar-refractivity contribution in [3.8, 4) is 0 Å². The maximum absolute atomic E-state index is 12.8. The van der Waals surface area contributed by atoms with E-state index in [-0.39, 0.29) is 13.1 Å². The van der Waals surface area contributed by atoms with Crippen LogP contribution in [0.1, 0.15) is 46.5 Å². The maximum atomic E-state index is 12.8. The van der Waals surface area contributed by atoms with Crippen LogP contribution in [-0.2, 0) is 29.1 Å². The first-order chi connectivity index (χ1) is 14.8. The molecular weight excluding hydrogens is 448 g/mol. The van der Waals surface area contributed by atoms with Crippen molar-refractivity contribution < 1.29 is 41.2 Å². The number of nitrogens with one attached hydrogen (secondary N) is 1. The van der Waals surface area contributed by atoms with Crippen LogP contribution in [0, 0.1) is 5.41 Å². The highest BCUT2D eigenvalue weighted by atomic mass is 32.3. The Morgan fingerprint density at radius 3 is 2.50 bits per heavy atom. The van der Waals surface area contributed by atoms with Crippen LogP contribution in [0.4, 0.5) is 9.59 Å². The zero-order chi connectivity index (χ0) is 23.5. The van der Waals surface area contributed by atoms with Crippen molar-refractivity contribution in [2.45, 2.75) is 70.2 Å². The van der Waals surface area contributed by atoms with Gasteiger partial charge in [-0.1, -0.05) is 0 Å². The van der Waals surface area contributed by atoms with Gasteiger partial charge >= 0.3 is 22.5 Å². The van der Waals surface area contributed by atoms with Gasteiger partial charge in [0.15, 0.2) is 0 Å². The van der Waals surface area contributed by atoms with E-state index >= 15 is 0 Å². The average Bonchev–Trinajstić information content (AvgIpc) is 3.16. The number of fused-ring (bicyclic) bond motifs is 3. The van der Waals surface area contributed by atoms with E-state index in [1.54, 1.807) is 20.8 Å². The molecule has 1 saturated carbocycles. The fourth-order valence-corrected chi connectivity index (χ4v) is 4.95. The number of piperidine rings is 1. The number of urea groups is 1. The van der Waals surface area contributed by atoms with Gasteiger partial charge in [-0.05, 0) is 51.9 Å². The molecule has 4 rings (SSSR count). The predicted octanol–water partition coefficient (Wildman–Crippen LogP) is 0.437. The van der Waals surface area contributed by atoms with E-state index < -0.39 is 57.6 Å². The number of rotatable bonds is 5. The summed E-state index contributed by atoms with van der Waals surface area (Å²) in [5, 5.41) is 0.659. The summed E-state index contributed by atoms with van der Waals surface area (Å²) in [6.07, 6.45) is 1.38. The third kappa shape index (κ3) is 4.63. The minimum atomic E-state index is -4.87. The van der Waals surface area contributed by atoms with Gasteiger partial charge in [-0.3, -0.25) is 14.2 Å². The number of likely N-dealkylation sites (tertiary alicyclic amines) is 1. The summed E-state index contributed by atoms with van der Waals surface area (Å²) < 4.78 is 41.1. The van der Waals surface area contributed by atoms with Crippen molar-refractivity contribution in [1.82, 2.24) is 20.3 Å². The normalized spacial score (nSPS) is 28.9. The average molecular weight is 477 g/mol. The lowest BCUT2D eigenvalue weighted by Gasteiger charge is -2.35. The van der Waals surface area contributed by atoms with E-state index in [0.717, 1.165) is 0 Å². The molecule has 0 radical (unpaired) electrons. The number of hydroxylamine groups is 3. The molecule has 14 heteroatoms. The van der Waals surface area contributed by atoms with Gasteiger partial charge in [-0.25, -0.2) is 15.1 Å². The summed E-state index contributed by atoms with van der Waals surface area (Å²) >= 11 is 0. The number of amides is 4. The SMILES string of the molecule is CC(C)(C)OC(=O)N1CC[C@H](ONC(=O)[C@@H]2CC3(CC3)C3CN2C(=O)N3OS(=O)(=O)O)C1. The largest absolute Gasteiger partial charge is 0.444 e. The van der Waals surface area contributed by atoms with E-state index in [0.29, 0.717) is 37.3 Å². The highest BCUT2D eigenvalue weighted by Gasteiger charge is 2.65. The standard InChI is InChI=1S/C18H28N4O9S/c1-17(2,3)29-16(25)20-7-4-11(9-20)30-19-14(23)12-8-18(5-6-18)13-10-21(12)15(24)22(13)31-32(26,27)28/h11-13H,4-10H2,1-3H3,(H,19,23)(H,26,27,28)/t11-,12-,13?/m0/s1. The smallest absolute Gasteiger partial charge is 0.418 e. The molecule has 4 fully saturated rings. The molecule has 13 nitrogen and oxygen atoms in total. The number of hydrogen-bond acceptors (Lipinski definition) is 8. The van der Waals surface area contributed by atoms with Crippen LogP contribution in [0.2, 0.25) is 0 Å². The van der Waals surface area contributed by atoms with Crippen LogP contribution in [0.15, 0.2) is 0 Å². The van der Waals surface area contributed by atoms with Gasteiger partial charge in [0.2, 0.25) is 0 Å². The number of carbonyl (C=O) groups is 3. The molecule has 1 unspecified atom stereocenters. The molecular formula is C18H28N4O9S. The first-order valence-electron chi connectivity index (χ1n) is 10.5. The predicted molar refractivity (Wildman–Crippen MR) is 106 cm³/mol. The molecule has 3 aliphatic heterocycles. The van der Waals surface area contributed by atoms with E-state index in [1.807, 2.05) is 0 Å². The summed E-state index contributed by atoms with van der Waals surface area (Å²) in [5.74, 6) is -0.535. The fourth-order valence-electron chi connectivity index (χ4n) is 4.58. The van der Waals surface area contributed by atoms with Crippen molar-refractivity contribution >= 4 is 28.4 Å². The van der Waals surface area contributed by atoms with Crippen LogP contribution in [0.3, 0.4) is 0 Å². The van der Waals surface area contributed by atoms with Crippen LogP contribution < -0.4 is 5.48 Å². The van der Waals surface area contributed by atoms with E-state index in [9.17, 15) is 22.8 Å². The Kier molecular flexibility index (Phi) is 5.55. The zero-order valence-electron chi connectivity index (χ0n) is 18.1. The number of nitrogens with zero attached hydrogens (tertiary/aromatic N) is 3. The highest BCUT2D eigenvalue weighted by Crippen LogP contribution is 2.59. The Hall–Kier alpha value is -2.16. The van der Waals surface area contributed by atoms with Crippen molar-refractivity contribution in [3.63, 3.8) is 0 Å². The molecule has 1 aliphatic carbocycles. The van der Waals surface area contributed by atoms with Crippen LogP contribution >= 0.6 is 0 Å². The number of hydrogen-bond donors (Lipinski definition) is 2. The second-order valence-electron chi connectivity index (χ2n) is 9.78. The van der Waals surface area contributed by atoms with Crippen molar-refractivity contribution in [2.75, 3.05) is 19.6 Å². The van der Waals surface area contributed by atoms with Crippen LogP contribution in [-0.4, -0.2) is 89.3 Å². The molecule has 4 aliphatic rings. The van der Waals surface area contributed by atoms with Crippen molar-refractivity contribution in [3.05, 3.63) is 0 Å². The molecule has 4 amide bonds. The second kappa shape index (κ2) is 7.71. The lowest BCUT2D eigenvalue weighted by molar-refractivity contribution is -0.144. The van der Waals surface area contributed by atoms with Gasteiger partial charge in [-0.15, -0.1) is 4.28 Å². The summed E-state index contributed by atoms with van der Waals surface area (Å²) in [4.78, 5) is 45.9. The van der Waals surface area contributed by atoms with E-state index in [1.165, 1.54) is 9.80 Å². The van der Waals surface area contributed by atoms with E-state index in [2.05, 4.69) is 9.76 Å².